The average Bonchev–Trinajstić information content (AvgIpc) is 2.57. The monoisotopic (exact) mass is 256 g/mol. The van der Waals surface area contributed by atoms with Crippen LogP contribution >= 0.6 is 15.9 Å². The fourth-order valence-electron chi connectivity index (χ4n) is 3.04. The SMILES string of the molecule is OC(c1occc1Br)C1C2CCCC21. The number of rotatable bonds is 2. The molecule has 2 fully saturated rings. The number of fused-ring (bicyclic) bond motifs is 1. The van der Waals surface area contributed by atoms with E-state index in [0.29, 0.717) is 11.7 Å². The van der Waals surface area contributed by atoms with E-state index in [1.165, 1.54) is 19.3 Å². The van der Waals surface area contributed by atoms with Crippen molar-refractivity contribution in [2.45, 2.75) is 25.4 Å². The zero-order chi connectivity index (χ0) is 9.71. The third kappa shape index (κ3) is 1.18. The molecule has 76 valence electrons. The maximum atomic E-state index is 10.1. The highest BCUT2D eigenvalue weighted by atomic mass is 79.9. The highest BCUT2D eigenvalue weighted by Crippen LogP contribution is 2.62. The molecule has 1 N–H and O–H groups in total. The lowest BCUT2D eigenvalue weighted by atomic mass is 10.0. The second-order valence-corrected chi connectivity index (χ2v) is 5.27. The third-order valence-corrected chi connectivity index (χ3v) is 4.41. The number of aliphatic hydroxyl groups is 1. The van der Waals surface area contributed by atoms with Gasteiger partial charge in [0.2, 0.25) is 0 Å². The molecule has 0 aliphatic heterocycles. The van der Waals surface area contributed by atoms with Crippen LogP contribution in [-0.2, 0) is 0 Å². The fraction of sp³-hybridized carbons (Fsp3) is 0.636. The van der Waals surface area contributed by atoms with Gasteiger partial charge in [-0.1, -0.05) is 6.42 Å². The van der Waals surface area contributed by atoms with Crippen molar-refractivity contribution in [1.29, 1.82) is 0 Å². The van der Waals surface area contributed by atoms with E-state index in [9.17, 15) is 5.11 Å². The molecule has 2 aliphatic carbocycles. The van der Waals surface area contributed by atoms with E-state index in [1.54, 1.807) is 6.26 Å². The summed E-state index contributed by atoms with van der Waals surface area (Å²) in [4.78, 5) is 0. The lowest BCUT2D eigenvalue weighted by Crippen LogP contribution is -2.03. The zero-order valence-electron chi connectivity index (χ0n) is 7.82. The molecule has 0 aromatic carbocycles. The minimum Gasteiger partial charge on any atom is -0.465 e. The number of aliphatic hydroxyl groups excluding tert-OH is 1. The van der Waals surface area contributed by atoms with E-state index in [4.69, 9.17) is 4.42 Å². The lowest BCUT2D eigenvalue weighted by molar-refractivity contribution is 0.111. The molecule has 1 aromatic heterocycles. The summed E-state index contributed by atoms with van der Waals surface area (Å²) < 4.78 is 6.19. The second-order valence-electron chi connectivity index (χ2n) is 4.41. The standard InChI is InChI=1S/C11H13BrO2/c12-8-4-5-14-11(8)10(13)9-6-2-1-3-7(6)9/h4-7,9-10,13H,1-3H2. The molecule has 3 atom stereocenters. The van der Waals surface area contributed by atoms with Gasteiger partial charge in [0.05, 0.1) is 10.7 Å². The molecule has 0 radical (unpaired) electrons. The molecular weight excluding hydrogens is 244 g/mol. The Morgan fingerprint density at radius 1 is 1.43 bits per heavy atom. The van der Waals surface area contributed by atoms with Crippen LogP contribution in [0.5, 0.6) is 0 Å². The molecule has 0 spiro atoms. The summed E-state index contributed by atoms with van der Waals surface area (Å²) in [6.07, 6.45) is 5.17. The van der Waals surface area contributed by atoms with Crippen LogP contribution in [0.4, 0.5) is 0 Å². The molecule has 2 nitrogen and oxygen atoms in total. The molecule has 0 bridgehead atoms. The average molecular weight is 257 g/mol. The predicted octanol–water partition coefficient (Wildman–Crippen LogP) is 3.12. The van der Waals surface area contributed by atoms with Crippen LogP contribution in [0.25, 0.3) is 0 Å². The van der Waals surface area contributed by atoms with E-state index < -0.39 is 6.10 Å². The highest BCUT2D eigenvalue weighted by molar-refractivity contribution is 9.10. The number of halogens is 1. The molecule has 1 heterocycles. The molecule has 3 unspecified atom stereocenters. The number of hydrogen-bond donors (Lipinski definition) is 1. The maximum Gasteiger partial charge on any atom is 0.146 e. The van der Waals surface area contributed by atoms with Crippen molar-refractivity contribution >= 4 is 15.9 Å². The summed E-state index contributed by atoms with van der Waals surface area (Å²) in [6.45, 7) is 0. The quantitative estimate of drug-likeness (QED) is 0.883. The van der Waals surface area contributed by atoms with Crippen LogP contribution in [0.15, 0.2) is 21.2 Å². The normalized spacial score (nSPS) is 36.9. The molecule has 2 aliphatic rings. The summed E-state index contributed by atoms with van der Waals surface area (Å²) in [5, 5.41) is 10.1. The van der Waals surface area contributed by atoms with Crippen molar-refractivity contribution in [3.8, 4) is 0 Å². The minimum atomic E-state index is -0.394. The van der Waals surface area contributed by atoms with E-state index >= 15 is 0 Å². The highest BCUT2D eigenvalue weighted by Gasteiger charge is 2.56. The van der Waals surface area contributed by atoms with Crippen LogP contribution in [0.3, 0.4) is 0 Å². The smallest absolute Gasteiger partial charge is 0.146 e. The van der Waals surface area contributed by atoms with Gasteiger partial charge in [0.25, 0.3) is 0 Å². The Bertz CT molecular complexity index is 337. The topological polar surface area (TPSA) is 33.4 Å². The summed E-state index contributed by atoms with van der Waals surface area (Å²) >= 11 is 3.39. The third-order valence-electron chi connectivity index (χ3n) is 3.75. The van der Waals surface area contributed by atoms with Gasteiger partial charge in [-0.2, -0.15) is 0 Å². The molecule has 0 saturated heterocycles. The van der Waals surface area contributed by atoms with Gasteiger partial charge in [0.1, 0.15) is 11.9 Å². The van der Waals surface area contributed by atoms with Crippen molar-refractivity contribution in [3.05, 3.63) is 22.6 Å². The lowest BCUT2D eigenvalue weighted by Gasteiger charge is -2.10. The van der Waals surface area contributed by atoms with Crippen molar-refractivity contribution < 1.29 is 9.52 Å². The van der Waals surface area contributed by atoms with Crippen LogP contribution in [0.2, 0.25) is 0 Å². The largest absolute Gasteiger partial charge is 0.465 e. The summed E-state index contributed by atoms with van der Waals surface area (Å²) in [5.41, 5.74) is 0. The zero-order valence-corrected chi connectivity index (χ0v) is 9.40. The van der Waals surface area contributed by atoms with Crippen molar-refractivity contribution in [2.75, 3.05) is 0 Å². The van der Waals surface area contributed by atoms with Gasteiger partial charge < -0.3 is 9.52 Å². The van der Waals surface area contributed by atoms with Crippen molar-refractivity contribution in [2.24, 2.45) is 17.8 Å². The van der Waals surface area contributed by atoms with E-state index in [1.807, 2.05) is 6.07 Å². The first kappa shape index (κ1) is 8.98. The Labute approximate surface area is 91.4 Å². The fourth-order valence-corrected chi connectivity index (χ4v) is 3.47. The van der Waals surface area contributed by atoms with Crippen LogP contribution in [0, 0.1) is 17.8 Å². The van der Waals surface area contributed by atoms with Gasteiger partial charge in [-0.25, -0.2) is 0 Å². The van der Waals surface area contributed by atoms with Gasteiger partial charge in [-0.15, -0.1) is 0 Å². The Kier molecular flexibility index (Phi) is 1.99. The molecule has 0 amide bonds. The summed E-state index contributed by atoms with van der Waals surface area (Å²) in [7, 11) is 0. The van der Waals surface area contributed by atoms with Gasteiger partial charge in [0.15, 0.2) is 0 Å². The molecular formula is C11H13BrO2. The van der Waals surface area contributed by atoms with Crippen molar-refractivity contribution in [3.63, 3.8) is 0 Å². The van der Waals surface area contributed by atoms with Gasteiger partial charge >= 0.3 is 0 Å². The second kappa shape index (κ2) is 3.11. The Morgan fingerprint density at radius 3 is 2.71 bits per heavy atom. The first-order valence-corrected chi connectivity index (χ1v) is 5.99. The Morgan fingerprint density at radius 2 is 2.14 bits per heavy atom. The number of hydrogen-bond acceptors (Lipinski definition) is 2. The molecule has 2 saturated carbocycles. The van der Waals surface area contributed by atoms with E-state index in [2.05, 4.69) is 15.9 Å². The molecule has 3 rings (SSSR count). The van der Waals surface area contributed by atoms with Gasteiger partial charge in [-0.3, -0.25) is 0 Å². The summed E-state index contributed by atoms with van der Waals surface area (Å²) in [5.74, 6) is 2.71. The maximum absolute atomic E-state index is 10.1. The predicted molar refractivity (Wildman–Crippen MR) is 55.7 cm³/mol. The van der Waals surface area contributed by atoms with Crippen LogP contribution in [0.1, 0.15) is 31.1 Å². The number of furan rings is 1. The van der Waals surface area contributed by atoms with Crippen LogP contribution < -0.4 is 0 Å². The first-order chi connectivity index (χ1) is 6.79. The van der Waals surface area contributed by atoms with Gasteiger partial charge in [-0.05, 0) is 52.6 Å². The Hall–Kier alpha value is -0.280. The molecule has 1 aromatic rings. The van der Waals surface area contributed by atoms with Crippen LogP contribution in [-0.4, -0.2) is 5.11 Å². The molecule has 3 heteroatoms. The minimum absolute atomic E-state index is 0.394. The summed E-state index contributed by atoms with van der Waals surface area (Å²) in [6, 6.07) is 1.84. The van der Waals surface area contributed by atoms with Crippen molar-refractivity contribution in [1.82, 2.24) is 0 Å². The van der Waals surface area contributed by atoms with E-state index in [-0.39, 0.29) is 0 Å². The van der Waals surface area contributed by atoms with Gasteiger partial charge in [0, 0.05) is 0 Å². The van der Waals surface area contributed by atoms with E-state index in [0.717, 1.165) is 16.3 Å². The first-order valence-electron chi connectivity index (χ1n) is 5.20. The Balaban J connectivity index is 1.78. The molecule has 14 heavy (non-hydrogen) atoms.